The molecule has 0 saturated carbocycles. The van der Waals surface area contributed by atoms with Crippen molar-refractivity contribution in [3.63, 3.8) is 0 Å². The van der Waals surface area contributed by atoms with E-state index in [-0.39, 0.29) is 0 Å². The number of halogens is 1. The van der Waals surface area contributed by atoms with Gasteiger partial charge in [-0.05, 0) is 30.7 Å². The summed E-state index contributed by atoms with van der Waals surface area (Å²) in [6.45, 7) is 1.76. The fraction of sp³-hybridized carbons (Fsp3) is 0.333. The van der Waals surface area contributed by atoms with Crippen LogP contribution in [0.25, 0.3) is 0 Å². The second kappa shape index (κ2) is 5.98. The Hall–Kier alpha value is -1.91. The van der Waals surface area contributed by atoms with E-state index in [1.165, 1.54) is 31.4 Å². The summed E-state index contributed by atoms with van der Waals surface area (Å²) in [5, 5.41) is 2.52. The maximum Gasteiger partial charge on any atom is 0.328 e. The molecule has 5 heteroatoms. The van der Waals surface area contributed by atoms with Gasteiger partial charge in [0.05, 0.1) is 7.11 Å². The Morgan fingerprint density at radius 2 is 1.94 bits per heavy atom. The van der Waals surface area contributed by atoms with E-state index >= 15 is 0 Å². The molecule has 1 aromatic carbocycles. The first-order valence-electron chi connectivity index (χ1n) is 5.22. The first-order chi connectivity index (χ1) is 8.08. The van der Waals surface area contributed by atoms with Gasteiger partial charge in [-0.3, -0.25) is 4.79 Å². The minimum Gasteiger partial charge on any atom is -0.467 e. The van der Waals surface area contributed by atoms with E-state index in [2.05, 4.69) is 10.1 Å². The summed E-state index contributed by atoms with van der Waals surface area (Å²) in [7, 11) is 1.26. The van der Waals surface area contributed by atoms with Gasteiger partial charge in [-0.25, -0.2) is 9.18 Å². The maximum atomic E-state index is 12.7. The summed E-state index contributed by atoms with van der Waals surface area (Å²) < 4.78 is 17.2. The summed E-state index contributed by atoms with van der Waals surface area (Å²) in [4.78, 5) is 23.0. The van der Waals surface area contributed by atoms with Gasteiger partial charge in [-0.15, -0.1) is 0 Å². The van der Waals surface area contributed by atoms with Crippen LogP contribution in [-0.4, -0.2) is 25.0 Å². The molecular formula is C12H14FNO3. The van der Waals surface area contributed by atoms with E-state index in [0.29, 0.717) is 12.0 Å². The zero-order valence-electron chi connectivity index (χ0n) is 9.70. The van der Waals surface area contributed by atoms with Crippen LogP contribution in [-0.2, 0) is 9.53 Å². The molecule has 1 atom stereocenters. The average Bonchev–Trinajstić information content (AvgIpc) is 2.35. The Morgan fingerprint density at radius 3 is 2.41 bits per heavy atom. The Bertz CT molecular complexity index is 403. The lowest BCUT2D eigenvalue weighted by atomic mass is 10.1. The monoisotopic (exact) mass is 239 g/mol. The summed E-state index contributed by atoms with van der Waals surface area (Å²) >= 11 is 0. The first kappa shape index (κ1) is 13.2. The van der Waals surface area contributed by atoms with E-state index in [4.69, 9.17) is 0 Å². The molecule has 0 aliphatic carbocycles. The molecule has 17 heavy (non-hydrogen) atoms. The highest BCUT2D eigenvalue weighted by Crippen LogP contribution is 2.04. The second-order valence-corrected chi connectivity index (χ2v) is 3.46. The fourth-order valence-electron chi connectivity index (χ4n) is 1.31. The van der Waals surface area contributed by atoms with Gasteiger partial charge in [0.25, 0.3) is 5.91 Å². The van der Waals surface area contributed by atoms with Crippen molar-refractivity contribution < 1.29 is 18.7 Å². The smallest absolute Gasteiger partial charge is 0.328 e. The van der Waals surface area contributed by atoms with E-state index in [1.807, 2.05) is 0 Å². The Kier molecular flexibility index (Phi) is 4.63. The highest BCUT2D eigenvalue weighted by atomic mass is 19.1. The Balaban J connectivity index is 2.71. The zero-order chi connectivity index (χ0) is 12.8. The molecule has 1 unspecified atom stereocenters. The molecular weight excluding hydrogens is 225 g/mol. The normalized spacial score (nSPS) is 11.7. The Labute approximate surface area is 98.8 Å². The average molecular weight is 239 g/mol. The van der Waals surface area contributed by atoms with Crippen molar-refractivity contribution in [1.29, 1.82) is 0 Å². The highest BCUT2D eigenvalue weighted by molar-refractivity contribution is 5.96. The van der Waals surface area contributed by atoms with E-state index in [0.717, 1.165) is 0 Å². The number of ether oxygens (including phenoxy) is 1. The molecule has 0 radical (unpaired) electrons. The molecule has 0 bridgehead atoms. The molecule has 4 nitrogen and oxygen atoms in total. The highest BCUT2D eigenvalue weighted by Gasteiger charge is 2.19. The molecule has 1 aromatic rings. The van der Waals surface area contributed by atoms with E-state index in [1.54, 1.807) is 6.92 Å². The number of carbonyl (C=O) groups excluding carboxylic acids is 2. The number of amides is 1. The van der Waals surface area contributed by atoms with Crippen LogP contribution in [0.15, 0.2) is 24.3 Å². The predicted octanol–water partition coefficient (Wildman–Crippen LogP) is 1.51. The minimum atomic E-state index is -0.683. The SMILES string of the molecule is CCC(NC(=O)c1ccc(F)cc1)C(=O)OC. The molecule has 0 aliphatic heterocycles. The van der Waals surface area contributed by atoms with Crippen molar-refractivity contribution in [2.24, 2.45) is 0 Å². The number of nitrogens with one attached hydrogen (secondary N) is 1. The molecule has 1 amide bonds. The summed E-state index contributed by atoms with van der Waals surface area (Å²) in [5.74, 6) is -1.34. The predicted molar refractivity (Wildman–Crippen MR) is 60.0 cm³/mol. The van der Waals surface area contributed by atoms with Gasteiger partial charge in [0.1, 0.15) is 11.9 Å². The molecule has 0 aromatic heterocycles. The molecule has 0 saturated heterocycles. The lowest BCUT2D eigenvalue weighted by Crippen LogP contribution is -2.41. The third kappa shape index (κ3) is 3.55. The van der Waals surface area contributed by atoms with Crippen molar-refractivity contribution in [3.05, 3.63) is 35.6 Å². The van der Waals surface area contributed by atoms with Crippen LogP contribution in [0.2, 0.25) is 0 Å². The molecule has 0 fully saturated rings. The van der Waals surface area contributed by atoms with Gasteiger partial charge in [0.2, 0.25) is 0 Å². The van der Waals surface area contributed by atoms with Crippen LogP contribution in [0.3, 0.4) is 0 Å². The standard InChI is InChI=1S/C12H14FNO3/c1-3-10(12(16)17-2)14-11(15)8-4-6-9(13)7-5-8/h4-7,10H,3H2,1-2H3,(H,14,15). The van der Waals surface area contributed by atoms with E-state index < -0.39 is 23.7 Å². The van der Waals surface area contributed by atoms with Gasteiger partial charge in [0, 0.05) is 5.56 Å². The number of benzene rings is 1. The third-order valence-electron chi connectivity index (χ3n) is 2.31. The molecule has 1 rings (SSSR count). The number of carbonyl (C=O) groups is 2. The summed E-state index contributed by atoms with van der Waals surface area (Å²) in [6, 6.07) is 4.41. The molecule has 1 N–H and O–H groups in total. The summed E-state index contributed by atoms with van der Waals surface area (Å²) in [5.41, 5.74) is 0.300. The van der Waals surface area contributed by atoms with Crippen molar-refractivity contribution in [2.75, 3.05) is 7.11 Å². The van der Waals surface area contributed by atoms with Crippen molar-refractivity contribution in [3.8, 4) is 0 Å². The fourth-order valence-corrected chi connectivity index (χ4v) is 1.31. The second-order valence-electron chi connectivity index (χ2n) is 3.46. The van der Waals surface area contributed by atoms with Gasteiger partial charge in [-0.2, -0.15) is 0 Å². The number of hydrogen-bond acceptors (Lipinski definition) is 3. The van der Waals surface area contributed by atoms with Crippen LogP contribution >= 0.6 is 0 Å². The zero-order valence-corrected chi connectivity index (χ0v) is 9.70. The Morgan fingerprint density at radius 1 is 1.35 bits per heavy atom. The number of esters is 1. The topological polar surface area (TPSA) is 55.4 Å². The van der Waals surface area contributed by atoms with Crippen LogP contribution in [0.5, 0.6) is 0 Å². The van der Waals surface area contributed by atoms with Crippen LogP contribution in [0.1, 0.15) is 23.7 Å². The van der Waals surface area contributed by atoms with Gasteiger partial charge < -0.3 is 10.1 Å². The maximum absolute atomic E-state index is 12.7. The van der Waals surface area contributed by atoms with Crippen LogP contribution in [0.4, 0.5) is 4.39 Å². The lowest BCUT2D eigenvalue weighted by Gasteiger charge is -2.14. The molecule has 92 valence electrons. The van der Waals surface area contributed by atoms with Crippen molar-refractivity contribution >= 4 is 11.9 Å². The third-order valence-corrected chi connectivity index (χ3v) is 2.31. The summed E-state index contributed by atoms with van der Waals surface area (Å²) in [6.07, 6.45) is 0.430. The number of methoxy groups -OCH3 is 1. The number of rotatable bonds is 4. The minimum absolute atomic E-state index is 0.300. The van der Waals surface area contributed by atoms with Gasteiger partial charge >= 0.3 is 5.97 Å². The lowest BCUT2D eigenvalue weighted by molar-refractivity contribution is -0.142. The molecule has 0 aliphatic rings. The van der Waals surface area contributed by atoms with Crippen molar-refractivity contribution in [2.45, 2.75) is 19.4 Å². The quantitative estimate of drug-likeness (QED) is 0.810. The first-order valence-corrected chi connectivity index (χ1v) is 5.22. The number of hydrogen-bond donors (Lipinski definition) is 1. The van der Waals surface area contributed by atoms with Crippen LogP contribution in [0, 0.1) is 5.82 Å². The van der Waals surface area contributed by atoms with Crippen LogP contribution < -0.4 is 5.32 Å². The molecule has 0 heterocycles. The van der Waals surface area contributed by atoms with Gasteiger partial charge in [0.15, 0.2) is 0 Å². The molecule has 0 spiro atoms. The largest absolute Gasteiger partial charge is 0.467 e. The van der Waals surface area contributed by atoms with Gasteiger partial charge in [-0.1, -0.05) is 6.92 Å². The van der Waals surface area contributed by atoms with Crippen molar-refractivity contribution in [1.82, 2.24) is 5.32 Å². The van der Waals surface area contributed by atoms with E-state index in [9.17, 15) is 14.0 Å².